The summed E-state index contributed by atoms with van der Waals surface area (Å²) in [6, 6.07) is 11.5. The Morgan fingerprint density at radius 1 is 1.30 bits per heavy atom. The molecule has 0 amide bonds. The maximum atomic E-state index is 12.0. The van der Waals surface area contributed by atoms with Crippen LogP contribution in [0.15, 0.2) is 35.9 Å². The van der Waals surface area contributed by atoms with Crippen molar-refractivity contribution in [1.82, 2.24) is 0 Å². The van der Waals surface area contributed by atoms with Crippen LogP contribution in [0.25, 0.3) is 0 Å². The van der Waals surface area contributed by atoms with E-state index in [1.165, 1.54) is 0 Å². The third-order valence-electron chi connectivity index (χ3n) is 4.14. The lowest BCUT2D eigenvalue weighted by Crippen LogP contribution is -2.30. The number of ether oxygens (including phenoxy) is 2. The number of hydrogen-bond acceptors (Lipinski definition) is 5. The number of benzene rings is 1. The first kappa shape index (κ1) is 16.6. The molecule has 0 heterocycles. The average Bonchev–Trinajstić information content (AvgIpc) is 2.61. The molecular formula is C18H18N2O3. The van der Waals surface area contributed by atoms with Crippen LogP contribution < -0.4 is 4.74 Å². The number of carbonyl (C=O) groups is 1. The van der Waals surface area contributed by atoms with Crippen LogP contribution in [-0.4, -0.2) is 19.7 Å². The standard InChI is InChI=1S/C18H18N2O3/c1-3-23-17(21)14-8-9-18(11-19,12-20)16(10-14)13-4-6-15(22-2)7-5-13/h4-8,16H,3,9-10H2,1-2H3. The van der Waals surface area contributed by atoms with E-state index in [9.17, 15) is 15.3 Å². The van der Waals surface area contributed by atoms with Gasteiger partial charge in [-0.25, -0.2) is 4.79 Å². The highest BCUT2D eigenvalue weighted by molar-refractivity contribution is 5.89. The Hall–Kier alpha value is -2.79. The molecule has 2 rings (SSSR count). The SMILES string of the molecule is CCOC(=O)C1=CCC(C#N)(C#N)C(c2ccc(OC)cc2)C1. The summed E-state index contributed by atoms with van der Waals surface area (Å²) in [6.07, 6.45) is 2.18. The molecule has 1 aromatic carbocycles. The maximum Gasteiger partial charge on any atom is 0.333 e. The lowest BCUT2D eigenvalue weighted by molar-refractivity contribution is -0.138. The topological polar surface area (TPSA) is 83.1 Å². The predicted octanol–water partition coefficient (Wildman–Crippen LogP) is 3.10. The van der Waals surface area contributed by atoms with Gasteiger partial charge in [0.05, 0.1) is 25.9 Å². The largest absolute Gasteiger partial charge is 0.497 e. The van der Waals surface area contributed by atoms with Crippen LogP contribution in [-0.2, 0) is 9.53 Å². The lowest BCUT2D eigenvalue weighted by Gasteiger charge is -2.33. The summed E-state index contributed by atoms with van der Waals surface area (Å²) in [5.41, 5.74) is 0.183. The molecule has 0 aromatic heterocycles. The zero-order valence-corrected chi connectivity index (χ0v) is 13.2. The summed E-state index contributed by atoms with van der Waals surface area (Å²) in [4.78, 5) is 12.0. The summed E-state index contributed by atoms with van der Waals surface area (Å²) in [6.45, 7) is 2.04. The summed E-state index contributed by atoms with van der Waals surface area (Å²) >= 11 is 0. The van der Waals surface area contributed by atoms with Crippen LogP contribution in [0, 0.1) is 28.1 Å². The van der Waals surface area contributed by atoms with Crippen LogP contribution in [0.4, 0.5) is 0 Å². The number of hydrogen-bond donors (Lipinski definition) is 0. The van der Waals surface area contributed by atoms with Crippen molar-refractivity contribution in [3.8, 4) is 17.9 Å². The Morgan fingerprint density at radius 3 is 2.48 bits per heavy atom. The summed E-state index contributed by atoms with van der Waals surface area (Å²) in [5, 5.41) is 19.1. The van der Waals surface area contributed by atoms with Crippen molar-refractivity contribution in [2.45, 2.75) is 25.7 Å². The highest BCUT2D eigenvalue weighted by Gasteiger charge is 2.44. The number of nitriles is 2. The third kappa shape index (κ3) is 3.19. The maximum absolute atomic E-state index is 12.0. The first-order chi connectivity index (χ1) is 11.1. The van der Waals surface area contributed by atoms with E-state index in [2.05, 4.69) is 12.1 Å². The summed E-state index contributed by atoms with van der Waals surface area (Å²) in [7, 11) is 1.58. The van der Waals surface area contributed by atoms with E-state index in [0.29, 0.717) is 24.4 Å². The molecule has 0 bridgehead atoms. The number of nitrogens with zero attached hydrogens (tertiary/aromatic N) is 2. The molecule has 0 aliphatic heterocycles. The lowest BCUT2D eigenvalue weighted by atomic mass is 9.66. The average molecular weight is 310 g/mol. The van der Waals surface area contributed by atoms with Gasteiger partial charge in [-0.2, -0.15) is 10.5 Å². The van der Waals surface area contributed by atoms with Gasteiger partial charge >= 0.3 is 5.97 Å². The van der Waals surface area contributed by atoms with Crippen molar-refractivity contribution in [3.63, 3.8) is 0 Å². The van der Waals surface area contributed by atoms with E-state index in [-0.39, 0.29) is 18.3 Å². The summed E-state index contributed by atoms with van der Waals surface area (Å²) < 4.78 is 10.2. The molecule has 1 unspecified atom stereocenters. The number of rotatable bonds is 4. The fraction of sp³-hybridized carbons (Fsp3) is 0.389. The van der Waals surface area contributed by atoms with Gasteiger partial charge in [-0.1, -0.05) is 18.2 Å². The second-order valence-corrected chi connectivity index (χ2v) is 5.38. The van der Waals surface area contributed by atoms with Crippen LogP contribution in [0.2, 0.25) is 0 Å². The fourth-order valence-corrected chi connectivity index (χ4v) is 2.81. The van der Waals surface area contributed by atoms with E-state index in [4.69, 9.17) is 9.47 Å². The van der Waals surface area contributed by atoms with Crippen LogP contribution >= 0.6 is 0 Å². The number of allylic oxidation sites excluding steroid dienone is 1. The minimum Gasteiger partial charge on any atom is -0.497 e. The minimum absolute atomic E-state index is 0.213. The van der Waals surface area contributed by atoms with Crippen molar-refractivity contribution >= 4 is 5.97 Å². The quantitative estimate of drug-likeness (QED) is 0.798. The molecule has 5 heteroatoms. The van der Waals surface area contributed by atoms with Gasteiger partial charge in [-0.3, -0.25) is 0 Å². The molecule has 0 saturated carbocycles. The molecule has 118 valence electrons. The Balaban J connectivity index is 2.39. The molecule has 1 aliphatic rings. The minimum atomic E-state index is -1.18. The zero-order chi connectivity index (χ0) is 16.9. The van der Waals surface area contributed by atoms with Crippen molar-refractivity contribution in [2.24, 2.45) is 5.41 Å². The molecule has 1 aromatic rings. The molecule has 0 spiro atoms. The van der Waals surface area contributed by atoms with Gasteiger partial charge in [0.2, 0.25) is 0 Å². The molecule has 0 N–H and O–H groups in total. The highest BCUT2D eigenvalue weighted by atomic mass is 16.5. The predicted molar refractivity (Wildman–Crippen MR) is 83.3 cm³/mol. The van der Waals surface area contributed by atoms with Gasteiger partial charge in [0.1, 0.15) is 5.75 Å². The van der Waals surface area contributed by atoms with Gasteiger partial charge in [0, 0.05) is 11.5 Å². The molecule has 0 fully saturated rings. The summed E-state index contributed by atoms with van der Waals surface area (Å²) in [5.74, 6) is -0.0615. The fourth-order valence-electron chi connectivity index (χ4n) is 2.81. The number of carbonyl (C=O) groups excluding carboxylic acids is 1. The van der Waals surface area contributed by atoms with Crippen LogP contribution in [0.5, 0.6) is 5.75 Å². The highest BCUT2D eigenvalue weighted by Crippen LogP contribution is 2.46. The Morgan fingerprint density at radius 2 is 1.96 bits per heavy atom. The van der Waals surface area contributed by atoms with E-state index < -0.39 is 5.41 Å². The van der Waals surface area contributed by atoms with Crippen LogP contribution in [0.3, 0.4) is 0 Å². The number of methoxy groups -OCH3 is 1. The van der Waals surface area contributed by atoms with E-state index >= 15 is 0 Å². The third-order valence-corrected chi connectivity index (χ3v) is 4.14. The molecule has 0 saturated heterocycles. The molecular weight excluding hydrogens is 292 g/mol. The second kappa shape index (κ2) is 6.98. The Labute approximate surface area is 135 Å². The van der Waals surface area contributed by atoms with Gasteiger partial charge in [-0.15, -0.1) is 0 Å². The molecule has 23 heavy (non-hydrogen) atoms. The van der Waals surface area contributed by atoms with E-state index in [1.807, 2.05) is 12.1 Å². The first-order valence-electron chi connectivity index (χ1n) is 7.42. The normalized spacial score (nSPS) is 19.0. The molecule has 1 atom stereocenters. The second-order valence-electron chi connectivity index (χ2n) is 5.38. The first-order valence-corrected chi connectivity index (χ1v) is 7.42. The van der Waals surface area contributed by atoms with Gasteiger partial charge in [0.15, 0.2) is 5.41 Å². The number of esters is 1. The van der Waals surface area contributed by atoms with Crippen molar-refractivity contribution < 1.29 is 14.3 Å². The Bertz CT molecular complexity index is 678. The molecule has 1 aliphatic carbocycles. The van der Waals surface area contributed by atoms with E-state index in [1.54, 1.807) is 32.2 Å². The molecule has 0 radical (unpaired) electrons. The van der Waals surface area contributed by atoms with Gasteiger partial charge < -0.3 is 9.47 Å². The Kier molecular flexibility index (Phi) is 5.03. The van der Waals surface area contributed by atoms with Gasteiger partial charge in [-0.05, 0) is 37.5 Å². The molecule has 5 nitrogen and oxygen atoms in total. The zero-order valence-electron chi connectivity index (χ0n) is 13.2. The smallest absolute Gasteiger partial charge is 0.333 e. The monoisotopic (exact) mass is 310 g/mol. The van der Waals surface area contributed by atoms with Gasteiger partial charge in [0.25, 0.3) is 0 Å². The van der Waals surface area contributed by atoms with Crippen molar-refractivity contribution in [1.29, 1.82) is 10.5 Å². The van der Waals surface area contributed by atoms with Crippen molar-refractivity contribution in [2.75, 3.05) is 13.7 Å². The van der Waals surface area contributed by atoms with Crippen molar-refractivity contribution in [3.05, 3.63) is 41.5 Å². The van der Waals surface area contributed by atoms with E-state index in [0.717, 1.165) is 5.56 Å². The van der Waals surface area contributed by atoms with Crippen LogP contribution in [0.1, 0.15) is 31.2 Å².